The molecule has 1 aliphatic carbocycles. The van der Waals surface area contributed by atoms with Gasteiger partial charge in [0.25, 0.3) is 0 Å². The van der Waals surface area contributed by atoms with E-state index in [0.29, 0.717) is 5.92 Å². The summed E-state index contributed by atoms with van der Waals surface area (Å²) in [6, 6.07) is 6.25. The van der Waals surface area contributed by atoms with E-state index in [1.54, 1.807) is 11.8 Å². The van der Waals surface area contributed by atoms with E-state index in [4.69, 9.17) is 4.74 Å². The van der Waals surface area contributed by atoms with Crippen LogP contribution >= 0.6 is 11.8 Å². The van der Waals surface area contributed by atoms with E-state index in [9.17, 15) is 0 Å². The van der Waals surface area contributed by atoms with E-state index < -0.39 is 0 Å². The third kappa shape index (κ3) is 4.20. The number of aryl methyl sites for hydroxylation is 2. The average Bonchev–Trinajstić information content (AvgIpc) is 3.34. The Morgan fingerprint density at radius 2 is 2.12 bits per heavy atom. The molecule has 5 heteroatoms. The Bertz CT molecular complexity index is 707. The van der Waals surface area contributed by atoms with Crippen molar-refractivity contribution in [3.05, 3.63) is 47.8 Å². The molecule has 0 saturated heterocycles. The van der Waals surface area contributed by atoms with E-state index in [1.807, 2.05) is 12.1 Å². The number of ether oxygens (including phenoxy) is 1. The van der Waals surface area contributed by atoms with Crippen molar-refractivity contribution in [2.75, 3.05) is 12.4 Å². The number of allylic oxidation sites excluding steroid dienone is 1. The zero-order chi connectivity index (χ0) is 16.9. The molecule has 4 nitrogen and oxygen atoms in total. The first-order chi connectivity index (χ1) is 11.7. The van der Waals surface area contributed by atoms with Gasteiger partial charge in [-0.05, 0) is 56.4 Å². The summed E-state index contributed by atoms with van der Waals surface area (Å²) in [4.78, 5) is 0. The smallest absolute Gasteiger partial charge is 0.191 e. The summed E-state index contributed by atoms with van der Waals surface area (Å²) in [6.45, 7) is 9.59. The zero-order valence-electron chi connectivity index (χ0n) is 14.5. The number of thioether (sulfide) groups is 1. The van der Waals surface area contributed by atoms with Gasteiger partial charge in [-0.25, -0.2) is 0 Å². The van der Waals surface area contributed by atoms with Gasteiger partial charge in [-0.2, -0.15) is 0 Å². The topological polar surface area (TPSA) is 39.9 Å². The molecule has 0 N–H and O–H groups in total. The maximum absolute atomic E-state index is 5.84. The van der Waals surface area contributed by atoms with Crippen LogP contribution in [-0.4, -0.2) is 27.1 Å². The first kappa shape index (κ1) is 17.1. The number of rotatable bonds is 9. The first-order valence-electron chi connectivity index (χ1n) is 8.56. The third-order valence-corrected chi connectivity index (χ3v) is 5.32. The van der Waals surface area contributed by atoms with Crippen molar-refractivity contribution in [2.24, 2.45) is 0 Å². The van der Waals surface area contributed by atoms with E-state index in [-0.39, 0.29) is 0 Å². The molecule has 3 rings (SSSR count). The fourth-order valence-electron chi connectivity index (χ4n) is 2.57. The number of hydrogen-bond donors (Lipinski definition) is 0. The summed E-state index contributed by atoms with van der Waals surface area (Å²) < 4.78 is 8.05. The number of benzene rings is 1. The molecule has 0 radical (unpaired) electrons. The molecule has 1 aliphatic rings. The number of nitrogens with zero attached hydrogens (tertiary/aromatic N) is 3. The van der Waals surface area contributed by atoms with Gasteiger partial charge in [0.2, 0.25) is 0 Å². The molecule has 1 saturated carbocycles. The standard InChI is InChI=1S/C19H25N3OS/c1-4-10-22-18(16-7-8-16)20-21-19(22)24-12-5-11-23-17-9-6-14(2)15(3)13-17/h4,6,9,13,16H,1,5,7-8,10-12H2,2-3H3. The molecule has 0 atom stereocenters. The van der Waals surface area contributed by atoms with Gasteiger partial charge < -0.3 is 9.30 Å². The minimum absolute atomic E-state index is 0.611. The molecule has 2 aromatic rings. The molecule has 1 aromatic carbocycles. The van der Waals surface area contributed by atoms with Crippen LogP contribution in [0.25, 0.3) is 0 Å². The van der Waals surface area contributed by atoms with Crippen LogP contribution in [0.3, 0.4) is 0 Å². The van der Waals surface area contributed by atoms with Crippen molar-refractivity contribution in [1.29, 1.82) is 0 Å². The maximum Gasteiger partial charge on any atom is 0.191 e. The number of hydrogen-bond acceptors (Lipinski definition) is 4. The quantitative estimate of drug-likeness (QED) is 0.381. The van der Waals surface area contributed by atoms with Crippen LogP contribution in [0, 0.1) is 13.8 Å². The molecule has 128 valence electrons. The number of aromatic nitrogens is 3. The van der Waals surface area contributed by atoms with Gasteiger partial charge in [-0.15, -0.1) is 16.8 Å². The summed E-state index contributed by atoms with van der Waals surface area (Å²) in [6.07, 6.45) is 5.38. The predicted octanol–water partition coefficient (Wildman–Crippen LogP) is 4.52. The summed E-state index contributed by atoms with van der Waals surface area (Å²) in [5.41, 5.74) is 2.57. The summed E-state index contributed by atoms with van der Waals surface area (Å²) in [5, 5.41) is 9.74. The van der Waals surface area contributed by atoms with Crippen molar-refractivity contribution in [3.8, 4) is 5.75 Å². The first-order valence-corrected chi connectivity index (χ1v) is 9.54. The summed E-state index contributed by atoms with van der Waals surface area (Å²) in [5.74, 6) is 3.67. The Labute approximate surface area is 148 Å². The molecule has 1 fully saturated rings. The van der Waals surface area contributed by atoms with Gasteiger partial charge >= 0.3 is 0 Å². The lowest BCUT2D eigenvalue weighted by Gasteiger charge is -2.09. The van der Waals surface area contributed by atoms with Gasteiger partial charge in [0.15, 0.2) is 5.16 Å². The largest absolute Gasteiger partial charge is 0.494 e. The second-order valence-electron chi connectivity index (χ2n) is 6.31. The Morgan fingerprint density at radius 1 is 1.29 bits per heavy atom. The van der Waals surface area contributed by atoms with Crippen LogP contribution in [0.15, 0.2) is 36.0 Å². The highest BCUT2D eigenvalue weighted by Crippen LogP contribution is 2.40. The molecule has 0 unspecified atom stereocenters. The summed E-state index contributed by atoms with van der Waals surface area (Å²) in [7, 11) is 0. The van der Waals surface area contributed by atoms with Crippen LogP contribution in [-0.2, 0) is 6.54 Å². The van der Waals surface area contributed by atoms with Crippen molar-refractivity contribution in [3.63, 3.8) is 0 Å². The van der Waals surface area contributed by atoms with Crippen LogP contribution in [0.2, 0.25) is 0 Å². The van der Waals surface area contributed by atoms with E-state index >= 15 is 0 Å². The second-order valence-corrected chi connectivity index (χ2v) is 7.37. The van der Waals surface area contributed by atoms with E-state index in [1.165, 1.54) is 24.0 Å². The molecule has 0 amide bonds. The van der Waals surface area contributed by atoms with Crippen LogP contribution in [0.1, 0.15) is 42.1 Å². The molecular weight excluding hydrogens is 318 g/mol. The highest BCUT2D eigenvalue weighted by Gasteiger charge is 2.29. The van der Waals surface area contributed by atoms with Gasteiger partial charge in [-0.1, -0.05) is 23.9 Å². The fourth-order valence-corrected chi connectivity index (χ4v) is 3.43. The van der Waals surface area contributed by atoms with Gasteiger partial charge in [0, 0.05) is 18.2 Å². The van der Waals surface area contributed by atoms with E-state index in [0.717, 1.165) is 42.1 Å². The molecule has 24 heavy (non-hydrogen) atoms. The highest BCUT2D eigenvalue weighted by atomic mass is 32.2. The predicted molar refractivity (Wildman–Crippen MR) is 98.9 cm³/mol. The Balaban J connectivity index is 1.46. The lowest BCUT2D eigenvalue weighted by Crippen LogP contribution is -2.04. The average molecular weight is 343 g/mol. The van der Waals surface area contributed by atoms with Crippen molar-refractivity contribution < 1.29 is 4.74 Å². The van der Waals surface area contributed by atoms with Gasteiger partial charge in [0.1, 0.15) is 11.6 Å². The zero-order valence-corrected chi connectivity index (χ0v) is 15.3. The monoisotopic (exact) mass is 343 g/mol. The van der Waals surface area contributed by atoms with Crippen molar-refractivity contribution >= 4 is 11.8 Å². The Kier molecular flexibility index (Phi) is 5.61. The van der Waals surface area contributed by atoms with E-state index in [2.05, 4.69) is 47.3 Å². The Morgan fingerprint density at radius 3 is 2.83 bits per heavy atom. The van der Waals surface area contributed by atoms with Crippen LogP contribution in [0.5, 0.6) is 5.75 Å². The van der Waals surface area contributed by atoms with Crippen LogP contribution < -0.4 is 4.74 Å². The van der Waals surface area contributed by atoms with Gasteiger partial charge in [0.05, 0.1) is 6.61 Å². The SMILES string of the molecule is C=CCn1c(SCCCOc2ccc(C)c(C)c2)nnc1C1CC1. The van der Waals surface area contributed by atoms with Crippen molar-refractivity contribution in [1.82, 2.24) is 14.8 Å². The summed E-state index contributed by atoms with van der Waals surface area (Å²) >= 11 is 1.76. The highest BCUT2D eigenvalue weighted by molar-refractivity contribution is 7.99. The Hall–Kier alpha value is -1.75. The van der Waals surface area contributed by atoms with Crippen LogP contribution in [0.4, 0.5) is 0 Å². The van der Waals surface area contributed by atoms with Gasteiger partial charge in [-0.3, -0.25) is 0 Å². The normalized spacial score (nSPS) is 13.9. The molecule has 1 heterocycles. The molecule has 0 aliphatic heterocycles. The fraction of sp³-hybridized carbons (Fsp3) is 0.474. The molecule has 0 bridgehead atoms. The minimum Gasteiger partial charge on any atom is -0.494 e. The lowest BCUT2D eigenvalue weighted by atomic mass is 10.1. The maximum atomic E-state index is 5.84. The van der Waals surface area contributed by atoms with Crippen molar-refractivity contribution in [2.45, 2.75) is 50.7 Å². The minimum atomic E-state index is 0.611. The lowest BCUT2D eigenvalue weighted by molar-refractivity contribution is 0.318. The molecule has 0 spiro atoms. The second kappa shape index (κ2) is 7.88. The molecule has 1 aromatic heterocycles. The third-order valence-electron chi connectivity index (χ3n) is 4.27. The molecular formula is C19H25N3OS.